The van der Waals surface area contributed by atoms with Crippen molar-refractivity contribution in [1.29, 1.82) is 0 Å². The minimum atomic E-state index is 0.856. The predicted molar refractivity (Wildman–Crippen MR) is 253 cm³/mol. The summed E-state index contributed by atoms with van der Waals surface area (Å²) in [5, 5.41) is 4.42. The van der Waals surface area contributed by atoms with Crippen LogP contribution in [0.4, 0.5) is 17.1 Å². The Morgan fingerprint density at radius 2 is 0.717 bits per heavy atom. The van der Waals surface area contributed by atoms with Crippen molar-refractivity contribution in [3.05, 3.63) is 237 Å². The highest BCUT2D eigenvalue weighted by Gasteiger charge is 2.22. The van der Waals surface area contributed by atoms with Crippen molar-refractivity contribution in [3.63, 3.8) is 0 Å². The van der Waals surface area contributed by atoms with Gasteiger partial charge in [0.2, 0.25) is 0 Å². The molecule has 10 aromatic carbocycles. The van der Waals surface area contributed by atoms with Gasteiger partial charge in [0, 0.05) is 22.1 Å². The number of para-hydroxylation sites is 1. The Hall–Kier alpha value is -7.94. The van der Waals surface area contributed by atoms with Gasteiger partial charge in [0.15, 0.2) is 0 Å². The third-order valence-corrected chi connectivity index (χ3v) is 11.6. The van der Waals surface area contributed by atoms with E-state index in [1.807, 2.05) is 0 Å². The molecule has 1 heterocycles. The fraction of sp³-hybridized carbons (Fsp3) is 0. The molecule has 0 saturated carbocycles. The zero-order valence-electron chi connectivity index (χ0n) is 32.9. The van der Waals surface area contributed by atoms with Crippen molar-refractivity contribution < 1.29 is 4.42 Å². The van der Waals surface area contributed by atoms with E-state index in [4.69, 9.17) is 4.42 Å². The molecule has 282 valence electrons. The normalized spacial score (nSPS) is 11.3. The van der Waals surface area contributed by atoms with E-state index in [1.54, 1.807) is 0 Å². The van der Waals surface area contributed by atoms with Crippen molar-refractivity contribution >= 4 is 49.8 Å². The summed E-state index contributed by atoms with van der Waals surface area (Å²) < 4.78 is 6.84. The summed E-state index contributed by atoms with van der Waals surface area (Å²) in [6.45, 7) is 0. The van der Waals surface area contributed by atoms with Crippen LogP contribution in [0, 0.1) is 0 Å². The van der Waals surface area contributed by atoms with Crippen molar-refractivity contribution in [1.82, 2.24) is 0 Å². The van der Waals surface area contributed by atoms with Crippen LogP contribution in [0.25, 0.3) is 88.3 Å². The second kappa shape index (κ2) is 15.1. The summed E-state index contributed by atoms with van der Waals surface area (Å²) in [6, 6.07) is 84.7. The molecule has 0 amide bonds. The summed E-state index contributed by atoms with van der Waals surface area (Å²) in [5.41, 5.74) is 16.8. The minimum absolute atomic E-state index is 0.856. The maximum atomic E-state index is 6.84. The minimum Gasteiger partial charge on any atom is -0.455 e. The first-order chi connectivity index (χ1) is 29.7. The molecule has 0 atom stereocenters. The Labute approximate surface area is 349 Å². The molecule has 0 N–H and O–H groups in total. The van der Waals surface area contributed by atoms with E-state index in [0.29, 0.717) is 0 Å². The SMILES string of the molecule is c1ccc(-c2ccc(N(c3ccccc3)c3cccc4oc5c6ccccc6c(-c6ccc(-c7cc(-c8ccccc8)cc(-c8ccccc8)c7)cc6)cc5c34)cc2)cc1. The Morgan fingerprint density at radius 3 is 1.30 bits per heavy atom. The average molecular weight is 766 g/mol. The molecule has 0 spiro atoms. The lowest BCUT2D eigenvalue weighted by Gasteiger charge is -2.26. The van der Waals surface area contributed by atoms with Gasteiger partial charge in [0.05, 0.1) is 11.1 Å². The van der Waals surface area contributed by atoms with Crippen LogP contribution in [0.3, 0.4) is 0 Å². The maximum absolute atomic E-state index is 6.84. The molecule has 11 aromatic rings. The van der Waals surface area contributed by atoms with Crippen LogP contribution in [0.15, 0.2) is 241 Å². The fourth-order valence-electron chi connectivity index (χ4n) is 8.72. The van der Waals surface area contributed by atoms with Gasteiger partial charge in [-0.3, -0.25) is 0 Å². The van der Waals surface area contributed by atoms with Gasteiger partial charge in [-0.2, -0.15) is 0 Å². The molecule has 11 rings (SSSR count). The van der Waals surface area contributed by atoms with E-state index in [-0.39, 0.29) is 0 Å². The van der Waals surface area contributed by atoms with Crippen molar-refractivity contribution in [2.24, 2.45) is 0 Å². The molecule has 0 aliphatic rings. The van der Waals surface area contributed by atoms with Crippen LogP contribution in [0.2, 0.25) is 0 Å². The number of rotatable bonds is 8. The first kappa shape index (κ1) is 35.2. The summed E-state index contributed by atoms with van der Waals surface area (Å²) >= 11 is 0. The lowest BCUT2D eigenvalue weighted by molar-refractivity contribution is 0.672. The number of hydrogen-bond donors (Lipinski definition) is 0. The number of benzene rings is 10. The Bertz CT molecular complexity index is 3200. The van der Waals surface area contributed by atoms with E-state index < -0.39 is 0 Å². The molecule has 0 radical (unpaired) electrons. The van der Waals surface area contributed by atoms with E-state index in [9.17, 15) is 0 Å². The molecule has 1 aromatic heterocycles. The molecule has 0 saturated heterocycles. The average Bonchev–Trinajstić information content (AvgIpc) is 3.72. The molecular weight excluding hydrogens is 727 g/mol. The van der Waals surface area contributed by atoms with Crippen LogP contribution in [0.5, 0.6) is 0 Å². The maximum Gasteiger partial charge on any atom is 0.143 e. The van der Waals surface area contributed by atoms with Gasteiger partial charge >= 0.3 is 0 Å². The first-order valence-electron chi connectivity index (χ1n) is 20.5. The Morgan fingerprint density at radius 1 is 0.283 bits per heavy atom. The van der Waals surface area contributed by atoms with Crippen LogP contribution >= 0.6 is 0 Å². The summed E-state index contributed by atoms with van der Waals surface area (Å²) in [7, 11) is 0. The lowest BCUT2D eigenvalue weighted by atomic mass is 9.91. The molecule has 0 fully saturated rings. The smallest absolute Gasteiger partial charge is 0.143 e. The van der Waals surface area contributed by atoms with Gasteiger partial charge in [0.25, 0.3) is 0 Å². The number of fused-ring (bicyclic) bond motifs is 5. The predicted octanol–water partition coefficient (Wildman–Crippen LogP) is 16.5. The van der Waals surface area contributed by atoms with Gasteiger partial charge < -0.3 is 9.32 Å². The van der Waals surface area contributed by atoms with Crippen molar-refractivity contribution in [3.8, 4) is 55.6 Å². The zero-order valence-corrected chi connectivity index (χ0v) is 32.9. The fourth-order valence-corrected chi connectivity index (χ4v) is 8.72. The molecule has 0 unspecified atom stereocenters. The Balaban J connectivity index is 1.06. The second-order valence-electron chi connectivity index (χ2n) is 15.3. The number of furan rings is 1. The molecular formula is C58H39NO. The van der Waals surface area contributed by atoms with Crippen LogP contribution in [-0.4, -0.2) is 0 Å². The molecule has 60 heavy (non-hydrogen) atoms. The van der Waals surface area contributed by atoms with Gasteiger partial charge in [0.1, 0.15) is 11.2 Å². The standard InChI is InChI=1S/C58H39NO/c1-5-16-40(17-6-1)43-32-34-50(35-33-43)59(49-22-11-4-12-23-49)55-26-15-27-56-57(55)54-39-53(51-24-13-14-25-52(51)58(54)60-56)45-30-28-44(29-31-45)48-37-46(41-18-7-2-8-19-41)36-47(38-48)42-20-9-3-10-21-42/h1-39H. The Kier molecular flexibility index (Phi) is 8.87. The number of hydrogen-bond acceptors (Lipinski definition) is 2. The van der Waals surface area contributed by atoms with Crippen molar-refractivity contribution in [2.45, 2.75) is 0 Å². The summed E-state index contributed by atoms with van der Waals surface area (Å²) in [6.07, 6.45) is 0. The molecule has 0 aliphatic heterocycles. The third-order valence-electron chi connectivity index (χ3n) is 11.6. The number of nitrogens with zero attached hydrogens (tertiary/aromatic N) is 1. The lowest BCUT2D eigenvalue weighted by Crippen LogP contribution is -2.10. The summed E-state index contributed by atoms with van der Waals surface area (Å²) in [4.78, 5) is 2.35. The van der Waals surface area contributed by atoms with Crippen LogP contribution < -0.4 is 4.90 Å². The first-order valence-corrected chi connectivity index (χ1v) is 20.5. The van der Waals surface area contributed by atoms with E-state index in [1.165, 1.54) is 50.1 Å². The topological polar surface area (TPSA) is 16.4 Å². The molecule has 2 nitrogen and oxygen atoms in total. The van der Waals surface area contributed by atoms with Gasteiger partial charge in [-0.05, 0) is 122 Å². The van der Waals surface area contributed by atoms with Crippen LogP contribution in [0.1, 0.15) is 0 Å². The molecule has 2 heteroatoms. The van der Waals surface area contributed by atoms with E-state index in [2.05, 4.69) is 241 Å². The van der Waals surface area contributed by atoms with Crippen molar-refractivity contribution in [2.75, 3.05) is 4.90 Å². The largest absolute Gasteiger partial charge is 0.455 e. The van der Waals surface area contributed by atoms with Gasteiger partial charge in [-0.1, -0.05) is 176 Å². The molecule has 0 bridgehead atoms. The highest BCUT2D eigenvalue weighted by atomic mass is 16.3. The zero-order chi connectivity index (χ0) is 39.8. The highest BCUT2D eigenvalue weighted by molar-refractivity contribution is 6.22. The monoisotopic (exact) mass is 765 g/mol. The van der Waals surface area contributed by atoms with Gasteiger partial charge in [-0.15, -0.1) is 0 Å². The third kappa shape index (κ3) is 6.41. The van der Waals surface area contributed by atoms with Gasteiger partial charge in [-0.25, -0.2) is 0 Å². The quantitative estimate of drug-likeness (QED) is 0.153. The van der Waals surface area contributed by atoms with E-state index in [0.717, 1.165) is 55.3 Å². The second-order valence-corrected chi connectivity index (χ2v) is 15.3. The summed E-state index contributed by atoms with van der Waals surface area (Å²) in [5.74, 6) is 0. The number of anilines is 3. The highest BCUT2D eigenvalue weighted by Crippen LogP contribution is 2.46. The molecule has 0 aliphatic carbocycles. The van der Waals surface area contributed by atoms with E-state index >= 15 is 0 Å². The van der Waals surface area contributed by atoms with Crippen LogP contribution in [-0.2, 0) is 0 Å².